The molecule has 0 unspecified atom stereocenters. The smallest absolute Gasteiger partial charge is 0.168 e. The van der Waals surface area contributed by atoms with Crippen LogP contribution in [0.5, 0.6) is 0 Å². The number of hydrogen-bond donors (Lipinski definition) is 0. The Hall–Kier alpha value is -5.17. The Morgan fingerprint density at radius 3 is 1.09 bits per heavy atom. The number of benzene rings is 6. The van der Waals surface area contributed by atoms with Crippen molar-refractivity contribution in [1.82, 2.24) is 4.09 Å². The fourth-order valence-corrected chi connectivity index (χ4v) is 12.5. The van der Waals surface area contributed by atoms with Crippen LogP contribution in [0, 0.1) is 83.1 Å². The van der Waals surface area contributed by atoms with Gasteiger partial charge in [0.05, 0.1) is 0 Å². The number of para-hydroxylation sites is 2. The Bertz CT molecular complexity index is 2320. The summed E-state index contributed by atoms with van der Waals surface area (Å²) in [6, 6.07) is 31.6. The van der Waals surface area contributed by atoms with Crippen molar-refractivity contribution in [3.05, 3.63) is 162 Å². The molecule has 0 amide bonds. The molecule has 0 saturated heterocycles. The summed E-state index contributed by atoms with van der Waals surface area (Å²) in [5, 5.41) is 0. The Balaban J connectivity index is 1.62. The van der Waals surface area contributed by atoms with E-state index in [0.717, 1.165) is 42.1 Å². The Morgan fingerprint density at radius 1 is 0.491 bits per heavy atom. The third-order valence-corrected chi connectivity index (χ3v) is 14.4. The van der Waals surface area contributed by atoms with Gasteiger partial charge in [-0.15, -0.1) is 0 Å². The average molecular weight is 759 g/mol. The van der Waals surface area contributed by atoms with E-state index in [2.05, 4.69) is 181 Å². The van der Waals surface area contributed by atoms with Gasteiger partial charge >= 0.3 is 0 Å². The van der Waals surface area contributed by atoms with Crippen LogP contribution in [0.1, 0.15) is 66.8 Å². The van der Waals surface area contributed by atoms with Crippen LogP contribution in [0.25, 0.3) is 66.3 Å². The first kappa shape index (κ1) is 38.1. The van der Waals surface area contributed by atoms with Crippen molar-refractivity contribution >= 4 is 16.5 Å². The van der Waals surface area contributed by atoms with Crippen molar-refractivity contribution in [1.29, 1.82) is 0 Å². The second-order valence-corrected chi connectivity index (χ2v) is 18.7. The van der Waals surface area contributed by atoms with E-state index in [4.69, 9.17) is 4.88 Å². The van der Waals surface area contributed by atoms with Gasteiger partial charge in [0.25, 0.3) is 16.5 Å². The minimum atomic E-state index is -1.54. The zero-order valence-electron chi connectivity index (χ0n) is 34.2. The van der Waals surface area contributed by atoms with Crippen LogP contribution >= 0.6 is 16.5 Å². The minimum absolute atomic E-state index is 0.931. The summed E-state index contributed by atoms with van der Waals surface area (Å²) in [5.74, 6) is 0. The summed E-state index contributed by atoms with van der Waals surface area (Å²) in [6.45, 7) is 26.4. The van der Waals surface area contributed by atoms with Gasteiger partial charge in [0, 0.05) is 32.1 Å². The lowest BCUT2D eigenvalue weighted by atomic mass is 9.87. The lowest BCUT2D eigenvalue weighted by Crippen LogP contribution is -2.32. The number of nitrogens with zero attached hydrogens (tertiary/aromatic N) is 5. The number of aryl methyl sites for hydroxylation is 12. The van der Waals surface area contributed by atoms with Gasteiger partial charge in [0.1, 0.15) is 11.4 Å². The van der Waals surface area contributed by atoms with E-state index in [1.807, 2.05) is 0 Å². The molecule has 0 bridgehead atoms. The molecule has 6 aromatic carbocycles. The zero-order chi connectivity index (χ0) is 39.5. The van der Waals surface area contributed by atoms with Crippen LogP contribution in [0.4, 0.5) is 0 Å². The Kier molecular flexibility index (Phi) is 10.3. The highest BCUT2D eigenvalue weighted by Crippen LogP contribution is 2.50. The normalized spacial score (nSPS) is 11.7. The third kappa shape index (κ3) is 6.76. The quantitative estimate of drug-likeness (QED) is 0.0883. The van der Waals surface area contributed by atoms with Crippen molar-refractivity contribution in [2.75, 3.05) is 0 Å². The number of azide groups is 1. The lowest BCUT2D eigenvalue weighted by molar-refractivity contribution is -0.450. The second kappa shape index (κ2) is 14.8. The van der Waals surface area contributed by atoms with E-state index in [9.17, 15) is 5.53 Å². The molecule has 0 radical (unpaired) electrons. The molecule has 0 aliphatic rings. The summed E-state index contributed by atoms with van der Waals surface area (Å²) < 4.78 is 4.73. The van der Waals surface area contributed by atoms with Crippen molar-refractivity contribution in [3.63, 3.8) is 0 Å². The number of hydrogen-bond acceptors (Lipinski definition) is 1. The third-order valence-electron chi connectivity index (χ3n) is 10.9. The molecule has 1 aromatic heterocycles. The molecule has 0 spiro atoms. The molecule has 276 valence electrons. The van der Waals surface area contributed by atoms with Gasteiger partial charge in [0.15, 0.2) is 0 Å². The monoisotopic (exact) mass is 758 g/mol. The first-order valence-electron chi connectivity index (χ1n) is 19.0. The summed E-state index contributed by atoms with van der Waals surface area (Å²) in [4.78, 5) is 8.28. The van der Waals surface area contributed by atoms with E-state index in [1.54, 1.807) is 0 Å². The van der Waals surface area contributed by atoms with Crippen LogP contribution in [0.3, 0.4) is 0 Å². The van der Waals surface area contributed by atoms with Crippen LogP contribution in [-0.4, -0.2) is 4.09 Å². The highest BCUT2D eigenvalue weighted by molar-refractivity contribution is 7.50. The largest absolute Gasteiger partial charge is 0.288 e. The van der Waals surface area contributed by atoms with Gasteiger partial charge < -0.3 is 0 Å². The highest BCUT2D eigenvalue weighted by atomic mass is 31.2. The molecule has 0 saturated carbocycles. The molecule has 7 heteroatoms. The summed E-state index contributed by atoms with van der Waals surface area (Å²) in [7, 11) is -0.612. The van der Waals surface area contributed by atoms with Crippen molar-refractivity contribution in [2.24, 2.45) is 4.88 Å². The lowest BCUT2D eigenvalue weighted by Gasteiger charge is -2.25. The topological polar surface area (TPSA) is 57.6 Å². The molecule has 7 aromatic rings. The van der Waals surface area contributed by atoms with E-state index < -0.39 is 8.00 Å². The van der Waals surface area contributed by atoms with Crippen LogP contribution < -0.4 is 4.09 Å². The first-order valence-corrected chi connectivity index (χ1v) is 21.0. The van der Waals surface area contributed by atoms with Crippen molar-refractivity contribution < 1.29 is 4.09 Å². The van der Waals surface area contributed by atoms with Crippen molar-refractivity contribution in [2.45, 2.75) is 83.1 Å². The van der Waals surface area contributed by atoms with E-state index in [0.29, 0.717) is 0 Å². The van der Waals surface area contributed by atoms with Gasteiger partial charge in [0.2, 0.25) is 0 Å². The molecule has 0 atom stereocenters. The predicted molar refractivity (Wildman–Crippen MR) is 236 cm³/mol. The standard InChI is InChI=1S/C48H50N5P2/c1-27-19-31(5)43(32(6)20-27)39-15-13-16-40(44-33(7)21-28(2)22-34(44)8)47(39)52-54-53(55(52)51-50-49)48-41(45-35(9)23-29(3)24-36(45)10)17-14-18-42(48)46-37(11)25-30(4)26-38(46)12/h13-26H,1-12H3/q+1. The Morgan fingerprint density at radius 2 is 0.782 bits per heavy atom. The van der Waals surface area contributed by atoms with E-state index >= 15 is 0 Å². The summed E-state index contributed by atoms with van der Waals surface area (Å²) >= 11 is 0. The highest BCUT2D eigenvalue weighted by Gasteiger charge is 2.33. The fraction of sp³-hybridized carbons (Fsp3) is 0.250. The molecule has 1 heterocycles. The molecule has 0 fully saturated rings. The van der Waals surface area contributed by atoms with Crippen LogP contribution in [-0.2, 0) is 0 Å². The first-order chi connectivity index (χ1) is 26.2. The zero-order valence-corrected chi connectivity index (χ0v) is 36.0. The van der Waals surface area contributed by atoms with Gasteiger partial charge in [-0.1, -0.05) is 107 Å². The number of aromatic nitrogens is 2. The molecule has 0 N–H and O–H groups in total. The average Bonchev–Trinajstić information content (AvgIpc) is 3.07. The minimum Gasteiger partial charge on any atom is -0.168 e. The second-order valence-electron chi connectivity index (χ2n) is 15.6. The molecular formula is C48H50N5P2+. The Labute approximate surface area is 329 Å². The molecule has 0 aliphatic heterocycles. The predicted octanol–water partition coefficient (Wildman–Crippen LogP) is 14.8. The summed E-state index contributed by atoms with van der Waals surface area (Å²) in [5.41, 5.74) is 37.0. The van der Waals surface area contributed by atoms with E-state index in [-0.39, 0.29) is 0 Å². The van der Waals surface area contributed by atoms with Gasteiger partial charge in [-0.25, -0.2) is 0 Å². The van der Waals surface area contributed by atoms with E-state index in [1.165, 1.54) is 89.0 Å². The van der Waals surface area contributed by atoms with Gasteiger partial charge in [-0.05, 0) is 155 Å². The number of rotatable bonds is 7. The SMILES string of the molecule is Cc1cc(C)c(-c2cccc(-c3c(C)cc(C)cc3C)c2-n2p[n+](-c3c(-c4c(C)cc(C)cc4C)cccc3-c3c(C)cc(C)cc3C)p2N=[N+]=[N-])c(C)c1. The maximum atomic E-state index is 10.4. The molecule has 0 aliphatic carbocycles. The van der Waals surface area contributed by atoms with Crippen LogP contribution in [0.15, 0.2) is 89.8 Å². The molecule has 5 nitrogen and oxygen atoms in total. The van der Waals surface area contributed by atoms with Crippen LogP contribution in [0.2, 0.25) is 0 Å². The van der Waals surface area contributed by atoms with Crippen molar-refractivity contribution in [3.8, 4) is 55.9 Å². The molecule has 55 heavy (non-hydrogen) atoms. The molecule has 7 rings (SSSR count). The summed E-state index contributed by atoms with van der Waals surface area (Å²) in [6.07, 6.45) is 0. The fourth-order valence-electron chi connectivity index (χ4n) is 9.32. The maximum absolute atomic E-state index is 10.4. The van der Waals surface area contributed by atoms with Gasteiger partial charge in [-0.2, -0.15) is 8.18 Å². The van der Waals surface area contributed by atoms with Gasteiger partial charge in [-0.3, -0.25) is 0 Å². The molecular weight excluding hydrogens is 709 g/mol. The maximum Gasteiger partial charge on any atom is 0.288 e.